The van der Waals surface area contributed by atoms with Crippen molar-refractivity contribution in [2.24, 2.45) is 0 Å². The molecule has 5 rings (SSSR count). The summed E-state index contributed by atoms with van der Waals surface area (Å²) in [6, 6.07) is 37.3. The van der Waals surface area contributed by atoms with Crippen molar-refractivity contribution in [3.63, 3.8) is 0 Å². The van der Waals surface area contributed by atoms with Crippen molar-refractivity contribution in [3.8, 4) is 28.3 Å². The average molecular weight is 441 g/mol. The molecule has 4 nitrogen and oxygen atoms in total. The van der Waals surface area contributed by atoms with E-state index in [1.54, 1.807) is 0 Å². The summed E-state index contributed by atoms with van der Waals surface area (Å²) >= 11 is 0. The highest BCUT2D eigenvalue weighted by atomic mass is 15.1. The molecule has 0 spiro atoms. The fourth-order valence-electron chi connectivity index (χ4n) is 4.07. The van der Waals surface area contributed by atoms with Crippen LogP contribution in [0.4, 0.5) is 5.69 Å². The van der Waals surface area contributed by atoms with Crippen LogP contribution in [0.25, 0.3) is 22.3 Å². The van der Waals surface area contributed by atoms with Crippen molar-refractivity contribution < 1.29 is 0 Å². The van der Waals surface area contributed by atoms with Crippen molar-refractivity contribution in [3.05, 3.63) is 132 Å². The molecule has 0 atom stereocenters. The summed E-state index contributed by atoms with van der Waals surface area (Å²) in [5.41, 5.74) is 8.36. The molecule has 1 N–H and O–H groups in total. The molecule has 4 aromatic carbocycles. The van der Waals surface area contributed by atoms with E-state index in [0.717, 1.165) is 29.1 Å². The van der Waals surface area contributed by atoms with Gasteiger partial charge in [-0.3, -0.25) is 0 Å². The second kappa shape index (κ2) is 9.89. The molecule has 5 aromatic rings. The molecular formula is C30H24N4. The first-order chi connectivity index (χ1) is 16.8. The van der Waals surface area contributed by atoms with E-state index >= 15 is 0 Å². The van der Waals surface area contributed by atoms with E-state index in [9.17, 15) is 5.26 Å². The molecule has 164 valence electrons. The van der Waals surface area contributed by atoms with Gasteiger partial charge in [0, 0.05) is 24.0 Å². The Morgan fingerprint density at radius 2 is 1.44 bits per heavy atom. The smallest absolute Gasteiger partial charge is 0.0998 e. The molecule has 0 bridgehead atoms. The lowest BCUT2D eigenvalue weighted by Crippen LogP contribution is -2.08. The molecule has 0 amide bonds. The highest BCUT2D eigenvalue weighted by molar-refractivity contribution is 5.74. The molecule has 0 aliphatic heterocycles. The summed E-state index contributed by atoms with van der Waals surface area (Å²) in [4.78, 5) is 4.37. The molecule has 0 radical (unpaired) electrons. The standard InChI is InChI=1S/C30H24N4/c31-18-27-15-16-28(17-30(27)26-9-5-2-6-10-26)33-20-29-19-32-22-34(29)21-23-11-13-25(14-12-23)24-7-3-1-4-8-24/h1-17,19,22,33H,20-21H2. The van der Waals surface area contributed by atoms with E-state index in [4.69, 9.17) is 0 Å². The minimum absolute atomic E-state index is 0.641. The predicted molar refractivity (Wildman–Crippen MR) is 137 cm³/mol. The number of nitrogens with zero attached hydrogens (tertiary/aromatic N) is 3. The van der Waals surface area contributed by atoms with E-state index in [2.05, 4.69) is 69.5 Å². The van der Waals surface area contributed by atoms with Crippen molar-refractivity contribution in [1.82, 2.24) is 9.55 Å². The van der Waals surface area contributed by atoms with Crippen LogP contribution in [0.15, 0.2) is 116 Å². The third kappa shape index (κ3) is 4.74. The van der Waals surface area contributed by atoms with Gasteiger partial charge in [0.1, 0.15) is 0 Å². The number of rotatable bonds is 7. The van der Waals surface area contributed by atoms with Gasteiger partial charge in [-0.15, -0.1) is 0 Å². The monoisotopic (exact) mass is 440 g/mol. The van der Waals surface area contributed by atoms with Crippen molar-refractivity contribution >= 4 is 5.69 Å². The zero-order valence-corrected chi connectivity index (χ0v) is 18.7. The first-order valence-corrected chi connectivity index (χ1v) is 11.3. The Kier molecular flexibility index (Phi) is 6.18. The van der Waals surface area contributed by atoms with Gasteiger partial charge in [-0.2, -0.15) is 5.26 Å². The van der Waals surface area contributed by atoms with Crippen LogP contribution in [0.3, 0.4) is 0 Å². The van der Waals surface area contributed by atoms with E-state index in [-0.39, 0.29) is 0 Å². The fourth-order valence-corrected chi connectivity index (χ4v) is 4.07. The lowest BCUT2D eigenvalue weighted by atomic mass is 9.99. The number of nitrogens with one attached hydrogen (secondary N) is 1. The number of imidazole rings is 1. The molecule has 1 heterocycles. The van der Waals surface area contributed by atoms with Gasteiger partial charge < -0.3 is 9.88 Å². The molecule has 0 aliphatic rings. The summed E-state index contributed by atoms with van der Waals surface area (Å²) in [5, 5.41) is 13.0. The van der Waals surface area contributed by atoms with Crippen LogP contribution in [0.1, 0.15) is 16.8 Å². The number of nitriles is 1. The third-order valence-electron chi connectivity index (χ3n) is 5.91. The Hall–Kier alpha value is -4.62. The zero-order valence-electron chi connectivity index (χ0n) is 18.7. The number of anilines is 1. The van der Waals surface area contributed by atoms with Crippen LogP contribution in [0.2, 0.25) is 0 Å². The maximum atomic E-state index is 9.53. The summed E-state index contributed by atoms with van der Waals surface area (Å²) in [6.45, 7) is 1.40. The number of hydrogen-bond acceptors (Lipinski definition) is 3. The first-order valence-electron chi connectivity index (χ1n) is 11.3. The van der Waals surface area contributed by atoms with Crippen molar-refractivity contribution in [2.45, 2.75) is 13.1 Å². The molecule has 4 heteroatoms. The van der Waals surface area contributed by atoms with Crippen LogP contribution in [0.5, 0.6) is 0 Å². The number of hydrogen-bond donors (Lipinski definition) is 1. The SMILES string of the molecule is N#Cc1ccc(NCc2cncn2Cc2ccc(-c3ccccc3)cc2)cc1-c1ccccc1. The molecule has 0 saturated carbocycles. The van der Waals surface area contributed by atoms with Gasteiger partial charge in [0.2, 0.25) is 0 Å². The van der Waals surface area contributed by atoms with Crippen LogP contribution in [0, 0.1) is 11.3 Å². The quantitative estimate of drug-likeness (QED) is 0.305. The molecular weight excluding hydrogens is 416 g/mol. The Balaban J connectivity index is 1.29. The Morgan fingerprint density at radius 1 is 0.765 bits per heavy atom. The van der Waals surface area contributed by atoms with E-state index < -0.39 is 0 Å². The van der Waals surface area contributed by atoms with Gasteiger partial charge in [0.15, 0.2) is 0 Å². The first kappa shape index (κ1) is 21.2. The van der Waals surface area contributed by atoms with Gasteiger partial charge in [-0.1, -0.05) is 84.9 Å². The summed E-state index contributed by atoms with van der Waals surface area (Å²) < 4.78 is 2.16. The van der Waals surface area contributed by atoms with Crippen LogP contribution in [-0.4, -0.2) is 9.55 Å². The highest BCUT2D eigenvalue weighted by Gasteiger charge is 2.08. The van der Waals surface area contributed by atoms with Crippen molar-refractivity contribution in [1.29, 1.82) is 5.26 Å². The summed E-state index contributed by atoms with van der Waals surface area (Å²) in [5.74, 6) is 0. The van der Waals surface area contributed by atoms with E-state index in [1.807, 2.05) is 67.1 Å². The Morgan fingerprint density at radius 3 is 2.15 bits per heavy atom. The highest BCUT2D eigenvalue weighted by Crippen LogP contribution is 2.27. The largest absolute Gasteiger partial charge is 0.379 e. The van der Waals surface area contributed by atoms with Gasteiger partial charge >= 0.3 is 0 Å². The predicted octanol–water partition coefficient (Wildman–Crippen LogP) is 6.75. The summed E-state index contributed by atoms with van der Waals surface area (Å²) in [7, 11) is 0. The minimum Gasteiger partial charge on any atom is -0.379 e. The summed E-state index contributed by atoms with van der Waals surface area (Å²) in [6.07, 6.45) is 3.77. The topological polar surface area (TPSA) is 53.6 Å². The maximum absolute atomic E-state index is 9.53. The second-order valence-corrected chi connectivity index (χ2v) is 8.17. The van der Waals surface area contributed by atoms with Gasteiger partial charge in [0.25, 0.3) is 0 Å². The Bertz CT molecular complexity index is 1410. The Labute approximate surface area is 199 Å². The molecule has 0 saturated heterocycles. The lowest BCUT2D eigenvalue weighted by Gasteiger charge is -2.13. The fraction of sp³-hybridized carbons (Fsp3) is 0.0667. The second-order valence-electron chi connectivity index (χ2n) is 8.17. The van der Waals surface area contributed by atoms with E-state index in [0.29, 0.717) is 12.1 Å². The van der Waals surface area contributed by atoms with Gasteiger partial charge in [-0.25, -0.2) is 4.98 Å². The number of aromatic nitrogens is 2. The lowest BCUT2D eigenvalue weighted by molar-refractivity contribution is 0.749. The molecule has 0 fully saturated rings. The third-order valence-corrected chi connectivity index (χ3v) is 5.91. The zero-order chi connectivity index (χ0) is 23.2. The normalized spacial score (nSPS) is 10.6. The van der Waals surface area contributed by atoms with Crippen LogP contribution < -0.4 is 5.32 Å². The van der Waals surface area contributed by atoms with Gasteiger partial charge in [0.05, 0.1) is 30.2 Å². The minimum atomic E-state index is 0.641. The van der Waals surface area contributed by atoms with Crippen LogP contribution in [-0.2, 0) is 13.1 Å². The average Bonchev–Trinajstić information content (AvgIpc) is 3.35. The number of benzene rings is 4. The molecule has 34 heavy (non-hydrogen) atoms. The van der Waals surface area contributed by atoms with Crippen molar-refractivity contribution in [2.75, 3.05) is 5.32 Å². The van der Waals surface area contributed by atoms with Gasteiger partial charge in [-0.05, 0) is 40.5 Å². The van der Waals surface area contributed by atoms with E-state index in [1.165, 1.54) is 16.7 Å². The van der Waals surface area contributed by atoms with Crippen LogP contribution >= 0.6 is 0 Å². The molecule has 0 aliphatic carbocycles. The maximum Gasteiger partial charge on any atom is 0.0998 e. The molecule has 1 aromatic heterocycles. The molecule has 0 unspecified atom stereocenters.